The van der Waals surface area contributed by atoms with Crippen LogP contribution in [-0.2, 0) is 6.42 Å². The van der Waals surface area contributed by atoms with Crippen LogP contribution >= 0.6 is 0 Å². The zero-order valence-corrected chi connectivity index (χ0v) is 14.6. The standard InChI is InChI=1S/C16H33N5/c1-7-16(6,20(8-2)9-3)15(18-17)12-14-10-11-21(19-14)13(4)5/h10-11,13,15,18H,7-9,12,17H2,1-6H3. The molecule has 0 spiro atoms. The normalized spacial score (nSPS) is 16.4. The van der Waals surface area contributed by atoms with E-state index in [0.29, 0.717) is 6.04 Å². The van der Waals surface area contributed by atoms with Gasteiger partial charge in [0, 0.05) is 30.2 Å². The summed E-state index contributed by atoms with van der Waals surface area (Å²) in [5.41, 5.74) is 4.16. The molecule has 0 aliphatic rings. The quantitative estimate of drug-likeness (QED) is 0.542. The highest BCUT2D eigenvalue weighted by atomic mass is 15.3. The van der Waals surface area contributed by atoms with Crippen molar-refractivity contribution in [2.45, 2.75) is 72.0 Å². The molecule has 5 heteroatoms. The van der Waals surface area contributed by atoms with Crippen molar-refractivity contribution in [1.82, 2.24) is 20.1 Å². The number of likely N-dealkylation sites (N-methyl/N-ethyl adjacent to an activating group) is 1. The molecular formula is C16H33N5. The molecule has 2 unspecified atom stereocenters. The Balaban J connectivity index is 2.93. The van der Waals surface area contributed by atoms with Gasteiger partial charge in [-0.3, -0.25) is 20.9 Å². The Morgan fingerprint density at radius 3 is 2.33 bits per heavy atom. The number of hydrazine groups is 1. The summed E-state index contributed by atoms with van der Waals surface area (Å²) in [5, 5.41) is 4.66. The van der Waals surface area contributed by atoms with Gasteiger partial charge >= 0.3 is 0 Å². The van der Waals surface area contributed by atoms with Crippen molar-refractivity contribution in [3.63, 3.8) is 0 Å². The number of hydrogen-bond acceptors (Lipinski definition) is 4. The average molecular weight is 295 g/mol. The Morgan fingerprint density at radius 2 is 1.95 bits per heavy atom. The smallest absolute Gasteiger partial charge is 0.0641 e. The molecule has 0 saturated heterocycles. The lowest BCUT2D eigenvalue weighted by Gasteiger charge is -2.45. The maximum Gasteiger partial charge on any atom is 0.0641 e. The van der Waals surface area contributed by atoms with Crippen LogP contribution in [0.4, 0.5) is 0 Å². The molecule has 1 rings (SSSR count). The lowest BCUT2D eigenvalue weighted by Crippen LogP contribution is -2.61. The highest BCUT2D eigenvalue weighted by Crippen LogP contribution is 2.25. The predicted octanol–water partition coefficient (Wildman–Crippen LogP) is 2.35. The molecule has 5 nitrogen and oxygen atoms in total. The molecule has 0 aliphatic carbocycles. The van der Waals surface area contributed by atoms with Crippen LogP contribution in [0.3, 0.4) is 0 Å². The zero-order valence-electron chi connectivity index (χ0n) is 14.6. The van der Waals surface area contributed by atoms with Crippen LogP contribution in [0.15, 0.2) is 12.3 Å². The monoisotopic (exact) mass is 295 g/mol. The second-order valence-electron chi connectivity index (χ2n) is 6.19. The molecule has 21 heavy (non-hydrogen) atoms. The first-order valence-electron chi connectivity index (χ1n) is 8.18. The summed E-state index contributed by atoms with van der Waals surface area (Å²) in [6.07, 6.45) is 3.94. The number of nitrogens with zero attached hydrogens (tertiary/aromatic N) is 3. The fourth-order valence-electron chi connectivity index (χ4n) is 3.08. The molecule has 0 saturated carbocycles. The maximum absolute atomic E-state index is 5.88. The SMILES string of the molecule is CCN(CC)C(C)(CC)C(Cc1ccn(C(C)C)n1)NN. The van der Waals surface area contributed by atoms with Crippen LogP contribution in [0.1, 0.15) is 59.7 Å². The van der Waals surface area contributed by atoms with E-state index in [-0.39, 0.29) is 11.6 Å². The van der Waals surface area contributed by atoms with Crippen molar-refractivity contribution in [1.29, 1.82) is 0 Å². The van der Waals surface area contributed by atoms with Crippen LogP contribution in [0.2, 0.25) is 0 Å². The van der Waals surface area contributed by atoms with E-state index in [9.17, 15) is 0 Å². The van der Waals surface area contributed by atoms with Crippen molar-refractivity contribution >= 4 is 0 Å². The first kappa shape index (κ1) is 18.1. The van der Waals surface area contributed by atoms with Crippen LogP contribution < -0.4 is 11.3 Å². The Hall–Kier alpha value is -0.910. The Labute approximate surface area is 129 Å². The third kappa shape index (κ3) is 4.05. The summed E-state index contributed by atoms with van der Waals surface area (Å²) in [7, 11) is 0. The minimum atomic E-state index is 0.0276. The van der Waals surface area contributed by atoms with Gasteiger partial charge in [0.2, 0.25) is 0 Å². The van der Waals surface area contributed by atoms with Crippen LogP contribution in [0.5, 0.6) is 0 Å². The molecule has 2 atom stereocenters. The average Bonchev–Trinajstić information content (AvgIpc) is 2.94. The number of rotatable bonds is 9. The zero-order chi connectivity index (χ0) is 16.0. The van der Waals surface area contributed by atoms with Gasteiger partial charge in [-0.25, -0.2) is 0 Å². The fraction of sp³-hybridized carbons (Fsp3) is 0.812. The maximum atomic E-state index is 5.88. The van der Waals surface area contributed by atoms with E-state index in [2.05, 4.69) is 63.0 Å². The number of aromatic nitrogens is 2. The molecule has 0 aliphatic heterocycles. The van der Waals surface area contributed by atoms with Gasteiger partial charge in [0.25, 0.3) is 0 Å². The van der Waals surface area contributed by atoms with E-state index in [1.54, 1.807) is 0 Å². The highest BCUT2D eigenvalue weighted by molar-refractivity contribution is 5.07. The van der Waals surface area contributed by atoms with E-state index in [1.807, 2.05) is 10.9 Å². The molecule has 3 N–H and O–H groups in total. The molecule has 0 amide bonds. The molecule has 1 aromatic rings. The molecule has 0 radical (unpaired) electrons. The Bertz CT molecular complexity index is 411. The summed E-state index contributed by atoms with van der Waals surface area (Å²) >= 11 is 0. The van der Waals surface area contributed by atoms with Crippen molar-refractivity contribution < 1.29 is 0 Å². The summed E-state index contributed by atoms with van der Waals surface area (Å²) in [4.78, 5) is 2.48. The second-order valence-corrected chi connectivity index (χ2v) is 6.19. The molecule has 1 aromatic heterocycles. The first-order valence-corrected chi connectivity index (χ1v) is 8.18. The summed E-state index contributed by atoms with van der Waals surface area (Å²) in [6.45, 7) is 15.3. The lowest BCUT2D eigenvalue weighted by atomic mass is 9.84. The third-order valence-corrected chi connectivity index (χ3v) is 4.76. The minimum absolute atomic E-state index is 0.0276. The molecule has 0 aromatic carbocycles. The van der Waals surface area contributed by atoms with Crippen molar-refractivity contribution in [3.8, 4) is 0 Å². The number of hydrogen-bond donors (Lipinski definition) is 2. The molecular weight excluding hydrogens is 262 g/mol. The predicted molar refractivity (Wildman–Crippen MR) is 89.0 cm³/mol. The summed E-state index contributed by atoms with van der Waals surface area (Å²) < 4.78 is 2.00. The van der Waals surface area contributed by atoms with E-state index in [0.717, 1.165) is 31.6 Å². The van der Waals surface area contributed by atoms with Gasteiger partial charge in [0.05, 0.1) is 5.69 Å². The molecule has 122 valence electrons. The summed E-state index contributed by atoms with van der Waals surface area (Å²) in [6, 6.07) is 2.67. The van der Waals surface area contributed by atoms with E-state index in [1.165, 1.54) is 0 Å². The molecule has 0 fully saturated rings. The van der Waals surface area contributed by atoms with Gasteiger partial charge < -0.3 is 0 Å². The number of nitrogens with one attached hydrogen (secondary N) is 1. The largest absolute Gasteiger partial charge is 0.297 e. The van der Waals surface area contributed by atoms with E-state index < -0.39 is 0 Å². The van der Waals surface area contributed by atoms with Crippen molar-refractivity contribution in [2.24, 2.45) is 5.84 Å². The van der Waals surface area contributed by atoms with Gasteiger partial charge in [0.15, 0.2) is 0 Å². The van der Waals surface area contributed by atoms with Gasteiger partial charge in [-0.2, -0.15) is 5.10 Å². The highest BCUT2D eigenvalue weighted by Gasteiger charge is 2.36. The van der Waals surface area contributed by atoms with Gasteiger partial charge in [0.1, 0.15) is 0 Å². The fourth-order valence-corrected chi connectivity index (χ4v) is 3.08. The van der Waals surface area contributed by atoms with Crippen LogP contribution in [0, 0.1) is 0 Å². The third-order valence-electron chi connectivity index (χ3n) is 4.76. The lowest BCUT2D eigenvalue weighted by molar-refractivity contribution is 0.0697. The van der Waals surface area contributed by atoms with Gasteiger partial charge in [-0.15, -0.1) is 0 Å². The summed E-state index contributed by atoms with van der Waals surface area (Å²) in [5.74, 6) is 5.88. The molecule has 1 heterocycles. The van der Waals surface area contributed by atoms with E-state index in [4.69, 9.17) is 5.84 Å². The Morgan fingerprint density at radius 1 is 1.33 bits per heavy atom. The van der Waals surface area contributed by atoms with Crippen molar-refractivity contribution in [2.75, 3.05) is 13.1 Å². The van der Waals surface area contributed by atoms with Gasteiger partial charge in [-0.1, -0.05) is 20.8 Å². The topological polar surface area (TPSA) is 59.1 Å². The minimum Gasteiger partial charge on any atom is -0.297 e. The second kappa shape index (κ2) is 7.92. The first-order chi connectivity index (χ1) is 9.92. The van der Waals surface area contributed by atoms with Crippen LogP contribution in [0.25, 0.3) is 0 Å². The van der Waals surface area contributed by atoms with Crippen molar-refractivity contribution in [3.05, 3.63) is 18.0 Å². The Kier molecular flexibility index (Phi) is 6.84. The van der Waals surface area contributed by atoms with Gasteiger partial charge in [-0.05, 0) is 46.3 Å². The molecule has 0 bridgehead atoms. The van der Waals surface area contributed by atoms with E-state index >= 15 is 0 Å². The number of nitrogens with two attached hydrogens (primary N) is 1. The van der Waals surface area contributed by atoms with Crippen LogP contribution in [-0.4, -0.2) is 39.4 Å².